The van der Waals surface area contributed by atoms with Crippen LogP contribution in [-0.2, 0) is 4.74 Å². The van der Waals surface area contributed by atoms with E-state index in [0.29, 0.717) is 0 Å². The van der Waals surface area contributed by atoms with Gasteiger partial charge in [0.2, 0.25) is 0 Å². The molecule has 0 amide bonds. The Bertz CT molecular complexity index is 145. The van der Waals surface area contributed by atoms with Crippen LogP contribution in [0.1, 0.15) is 26.2 Å². The fraction of sp³-hybridized carbons (Fsp3) is 1.00. The Hall–Kier alpha value is -0.120. The number of ether oxygens (including phenoxy) is 1. The lowest BCUT2D eigenvalue weighted by molar-refractivity contribution is 0.0672. The first-order valence-corrected chi connectivity index (χ1v) is 6.31. The second-order valence-corrected chi connectivity index (χ2v) is 4.41. The normalized spacial score (nSPS) is 19.6. The Morgan fingerprint density at radius 2 is 2.07 bits per heavy atom. The molecule has 1 rings (SSSR count). The Morgan fingerprint density at radius 1 is 1.33 bits per heavy atom. The summed E-state index contributed by atoms with van der Waals surface area (Å²) in [6, 6.07) is 0. The molecule has 0 unspecified atom stereocenters. The van der Waals surface area contributed by atoms with Crippen LogP contribution in [0.4, 0.5) is 0 Å². The molecule has 0 aromatic rings. The SMILES string of the molecule is CCN1CCC(COCCCNC)CC1. The van der Waals surface area contributed by atoms with Gasteiger partial charge < -0.3 is 15.0 Å². The molecule has 3 nitrogen and oxygen atoms in total. The molecule has 0 saturated carbocycles. The standard InChI is InChI=1S/C12H26N2O/c1-3-14-8-5-12(6-9-14)11-15-10-4-7-13-2/h12-13H,3-11H2,1-2H3. The van der Waals surface area contributed by atoms with Gasteiger partial charge in [0.25, 0.3) is 0 Å². The van der Waals surface area contributed by atoms with Crippen molar-refractivity contribution in [2.45, 2.75) is 26.2 Å². The van der Waals surface area contributed by atoms with Crippen molar-refractivity contribution in [3.8, 4) is 0 Å². The number of nitrogens with one attached hydrogen (secondary N) is 1. The molecule has 3 heteroatoms. The van der Waals surface area contributed by atoms with Gasteiger partial charge in [0.1, 0.15) is 0 Å². The molecule has 0 aliphatic carbocycles. The minimum Gasteiger partial charge on any atom is -0.381 e. The second-order valence-electron chi connectivity index (χ2n) is 4.41. The lowest BCUT2D eigenvalue weighted by Gasteiger charge is -2.30. The van der Waals surface area contributed by atoms with Crippen LogP contribution in [0.5, 0.6) is 0 Å². The molecular weight excluding hydrogens is 188 g/mol. The van der Waals surface area contributed by atoms with E-state index in [9.17, 15) is 0 Å². The molecule has 0 bridgehead atoms. The van der Waals surface area contributed by atoms with Crippen LogP contribution in [-0.4, -0.2) is 51.3 Å². The monoisotopic (exact) mass is 214 g/mol. The molecule has 90 valence electrons. The molecular formula is C12H26N2O. The number of nitrogens with zero attached hydrogens (tertiary/aromatic N) is 1. The van der Waals surface area contributed by atoms with Gasteiger partial charge in [0, 0.05) is 13.2 Å². The second kappa shape index (κ2) is 8.08. The Labute approximate surface area is 94.2 Å². The summed E-state index contributed by atoms with van der Waals surface area (Å²) in [5.41, 5.74) is 0. The van der Waals surface area contributed by atoms with Gasteiger partial charge in [-0.2, -0.15) is 0 Å². The van der Waals surface area contributed by atoms with Crippen LogP contribution in [0.15, 0.2) is 0 Å². The third kappa shape index (κ3) is 5.50. The summed E-state index contributed by atoms with van der Waals surface area (Å²) >= 11 is 0. The van der Waals surface area contributed by atoms with E-state index in [0.717, 1.165) is 32.1 Å². The summed E-state index contributed by atoms with van der Waals surface area (Å²) in [5, 5.41) is 3.13. The average molecular weight is 214 g/mol. The zero-order valence-corrected chi connectivity index (χ0v) is 10.3. The minimum absolute atomic E-state index is 0.808. The summed E-state index contributed by atoms with van der Waals surface area (Å²) in [7, 11) is 1.99. The van der Waals surface area contributed by atoms with Crippen molar-refractivity contribution >= 4 is 0 Å². The number of piperidine rings is 1. The van der Waals surface area contributed by atoms with E-state index in [2.05, 4.69) is 17.1 Å². The minimum atomic E-state index is 0.808. The Morgan fingerprint density at radius 3 is 2.67 bits per heavy atom. The van der Waals surface area contributed by atoms with Crippen LogP contribution >= 0.6 is 0 Å². The highest BCUT2D eigenvalue weighted by Gasteiger charge is 2.17. The van der Waals surface area contributed by atoms with Crippen LogP contribution in [0, 0.1) is 5.92 Å². The van der Waals surface area contributed by atoms with E-state index >= 15 is 0 Å². The molecule has 1 aliphatic rings. The van der Waals surface area contributed by atoms with Crippen molar-refractivity contribution in [1.29, 1.82) is 0 Å². The lowest BCUT2D eigenvalue weighted by Crippen LogP contribution is -2.34. The number of hydrogen-bond donors (Lipinski definition) is 1. The lowest BCUT2D eigenvalue weighted by atomic mass is 9.98. The number of hydrogen-bond acceptors (Lipinski definition) is 3. The summed E-state index contributed by atoms with van der Waals surface area (Å²) < 4.78 is 5.69. The summed E-state index contributed by atoms with van der Waals surface area (Å²) in [6.07, 6.45) is 3.77. The van der Waals surface area contributed by atoms with Crippen molar-refractivity contribution < 1.29 is 4.74 Å². The third-order valence-electron chi connectivity index (χ3n) is 3.22. The molecule has 15 heavy (non-hydrogen) atoms. The van der Waals surface area contributed by atoms with Crippen molar-refractivity contribution in [3.05, 3.63) is 0 Å². The van der Waals surface area contributed by atoms with Crippen LogP contribution in [0.25, 0.3) is 0 Å². The molecule has 1 fully saturated rings. The van der Waals surface area contributed by atoms with Crippen molar-refractivity contribution in [3.63, 3.8) is 0 Å². The maximum Gasteiger partial charge on any atom is 0.0495 e. The fourth-order valence-corrected chi connectivity index (χ4v) is 2.07. The van der Waals surface area contributed by atoms with Gasteiger partial charge in [-0.05, 0) is 58.4 Å². The van der Waals surface area contributed by atoms with E-state index in [1.807, 2.05) is 7.05 Å². The Balaban J connectivity index is 1.94. The van der Waals surface area contributed by atoms with Gasteiger partial charge in [0.15, 0.2) is 0 Å². The van der Waals surface area contributed by atoms with Crippen molar-refractivity contribution in [2.75, 3.05) is 46.4 Å². The third-order valence-corrected chi connectivity index (χ3v) is 3.22. The van der Waals surface area contributed by atoms with Gasteiger partial charge in [0.05, 0.1) is 0 Å². The average Bonchev–Trinajstić information content (AvgIpc) is 2.30. The number of rotatable bonds is 7. The van der Waals surface area contributed by atoms with E-state index < -0.39 is 0 Å². The van der Waals surface area contributed by atoms with Gasteiger partial charge >= 0.3 is 0 Å². The summed E-state index contributed by atoms with van der Waals surface area (Å²) in [6.45, 7) is 8.93. The predicted molar refractivity (Wildman–Crippen MR) is 64.2 cm³/mol. The predicted octanol–water partition coefficient (Wildman–Crippen LogP) is 1.34. The molecule has 1 N–H and O–H groups in total. The highest BCUT2D eigenvalue weighted by atomic mass is 16.5. The molecule has 0 radical (unpaired) electrons. The van der Waals surface area contributed by atoms with Gasteiger partial charge in [-0.25, -0.2) is 0 Å². The zero-order chi connectivity index (χ0) is 10.9. The van der Waals surface area contributed by atoms with Crippen LogP contribution < -0.4 is 5.32 Å². The van der Waals surface area contributed by atoms with Crippen LogP contribution in [0.2, 0.25) is 0 Å². The Kier molecular flexibility index (Phi) is 6.98. The van der Waals surface area contributed by atoms with Crippen LogP contribution in [0.3, 0.4) is 0 Å². The van der Waals surface area contributed by atoms with Crippen molar-refractivity contribution in [1.82, 2.24) is 10.2 Å². The van der Waals surface area contributed by atoms with Gasteiger partial charge in [-0.15, -0.1) is 0 Å². The van der Waals surface area contributed by atoms with E-state index in [4.69, 9.17) is 4.74 Å². The molecule has 1 heterocycles. The first-order valence-electron chi connectivity index (χ1n) is 6.31. The smallest absolute Gasteiger partial charge is 0.0495 e. The highest BCUT2D eigenvalue weighted by molar-refractivity contribution is 4.70. The highest BCUT2D eigenvalue weighted by Crippen LogP contribution is 2.16. The molecule has 0 aromatic heterocycles. The quantitative estimate of drug-likeness (QED) is 0.647. The van der Waals surface area contributed by atoms with Gasteiger partial charge in [-0.3, -0.25) is 0 Å². The maximum atomic E-state index is 5.69. The topological polar surface area (TPSA) is 24.5 Å². The fourth-order valence-electron chi connectivity index (χ4n) is 2.07. The maximum absolute atomic E-state index is 5.69. The van der Waals surface area contributed by atoms with Gasteiger partial charge in [-0.1, -0.05) is 6.92 Å². The first kappa shape index (κ1) is 12.9. The summed E-state index contributed by atoms with van der Waals surface area (Å²) in [4.78, 5) is 2.53. The summed E-state index contributed by atoms with van der Waals surface area (Å²) in [5.74, 6) is 0.808. The molecule has 1 saturated heterocycles. The molecule has 0 aromatic carbocycles. The van der Waals surface area contributed by atoms with E-state index in [1.165, 1.54) is 32.5 Å². The van der Waals surface area contributed by atoms with E-state index in [-0.39, 0.29) is 0 Å². The molecule has 0 spiro atoms. The largest absolute Gasteiger partial charge is 0.381 e. The first-order chi connectivity index (χ1) is 7.36. The molecule has 0 atom stereocenters. The number of likely N-dealkylation sites (tertiary alicyclic amines) is 1. The van der Waals surface area contributed by atoms with Crippen molar-refractivity contribution in [2.24, 2.45) is 5.92 Å². The van der Waals surface area contributed by atoms with E-state index in [1.54, 1.807) is 0 Å². The molecule has 1 aliphatic heterocycles. The zero-order valence-electron chi connectivity index (χ0n) is 10.3.